The van der Waals surface area contributed by atoms with Crippen LogP contribution in [0, 0.1) is 19.3 Å². The van der Waals surface area contributed by atoms with Crippen LogP contribution in [-0.4, -0.2) is 19.9 Å². The van der Waals surface area contributed by atoms with Gasteiger partial charge in [-0.05, 0) is 6.92 Å². The van der Waals surface area contributed by atoms with E-state index in [4.69, 9.17) is 6.42 Å². The molecule has 0 aromatic carbocycles. The van der Waals surface area contributed by atoms with Gasteiger partial charge >= 0.3 is 0 Å². The van der Waals surface area contributed by atoms with Crippen LogP contribution in [0.5, 0.6) is 0 Å². The van der Waals surface area contributed by atoms with Gasteiger partial charge in [-0.3, -0.25) is 0 Å². The van der Waals surface area contributed by atoms with Crippen molar-refractivity contribution in [3.05, 3.63) is 6.92 Å². The van der Waals surface area contributed by atoms with Crippen LogP contribution in [0.2, 0.25) is 0 Å². The van der Waals surface area contributed by atoms with E-state index in [0.29, 0.717) is 0 Å². The van der Waals surface area contributed by atoms with Gasteiger partial charge in [-0.25, -0.2) is 8.42 Å². The van der Waals surface area contributed by atoms with E-state index in [9.17, 15) is 8.42 Å². The molecule has 0 aliphatic rings. The van der Waals surface area contributed by atoms with Crippen LogP contribution in [-0.2, 0) is 9.84 Å². The van der Waals surface area contributed by atoms with Crippen molar-refractivity contribution in [1.82, 2.24) is 0 Å². The first-order valence-corrected chi connectivity index (χ1v) is 3.87. The molecule has 0 heterocycles. The average Bonchev–Trinajstić information content (AvgIpc) is 1.67. The monoisotopic (exact) mass is 131 g/mol. The lowest BCUT2D eigenvalue weighted by Gasteiger charge is -1.88. The smallest absolute Gasteiger partial charge is 0.161 e. The molecule has 0 aromatic heterocycles. The van der Waals surface area contributed by atoms with E-state index < -0.39 is 9.84 Å². The van der Waals surface area contributed by atoms with Gasteiger partial charge in [0.15, 0.2) is 9.84 Å². The lowest BCUT2D eigenvalue weighted by Crippen LogP contribution is -2.06. The minimum Gasteiger partial charge on any atom is -0.228 e. The predicted octanol–water partition coefficient (Wildman–Crippen LogP) is -0.132. The summed E-state index contributed by atoms with van der Waals surface area (Å²) in [7, 11) is -3.02. The molecule has 3 heteroatoms. The Morgan fingerprint density at radius 2 is 2.12 bits per heavy atom. The maximum Gasteiger partial charge on any atom is 0.161 e. The first-order chi connectivity index (χ1) is 3.62. The van der Waals surface area contributed by atoms with Crippen LogP contribution in [0.4, 0.5) is 0 Å². The van der Waals surface area contributed by atoms with E-state index in [1.807, 2.05) is 5.92 Å². The first kappa shape index (κ1) is 7.51. The Kier molecular flexibility index (Phi) is 2.56. The maximum absolute atomic E-state index is 10.4. The summed E-state index contributed by atoms with van der Waals surface area (Å²) in [6, 6.07) is 0. The minimum absolute atomic E-state index is 0.114. The molecule has 8 heavy (non-hydrogen) atoms. The summed E-state index contributed by atoms with van der Waals surface area (Å²) in [5.41, 5.74) is 0. The Morgan fingerprint density at radius 1 is 1.62 bits per heavy atom. The molecule has 0 N–H and O–H groups in total. The van der Waals surface area contributed by atoms with Crippen molar-refractivity contribution in [1.29, 1.82) is 0 Å². The molecule has 1 radical (unpaired) electrons. The molecule has 0 atom stereocenters. The topological polar surface area (TPSA) is 34.1 Å². The molecule has 0 rings (SSSR count). The van der Waals surface area contributed by atoms with Crippen LogP contribution >= 0.6 is 0 Å². The normalized spacial score (nSPS) is 10.5. The van der Waals surface area contributed by atoms with Crippen LogP contribution in [0.3, 0.4) is 0 Å². The van der Waals surface area contributed by atoms with Crippen molar-refractivity contribution in [2.45, 2.75) is 0 Å². The number of rotatable bonds is 2. The first-order valence-electron chi connectivity index (χ1n) is 2.05. The maximum atomic E-state index is 10.4. The van der Waals surface area contributed by atoms with E-state index in [-0.39, 0.29) is 11.5 Å². The molecule has 0 unspecified atom stereocenters. The lowest BCUT2D eigenvalue weighted by molar-refractivity contribution is 0.602. The summed E-state index contributed by atoms with van der Waals surface area (Å²) in [5, 5.41) is 0. The van der Waals surface area contributed by atoms with Crippen LogP contribution in [0.25, 0.3) is 0 Å². The summed E-state index contributed by atoms with van der Waals surface area (Å²) >= 11 is 0. The number of terminal acetylenes is 1. The van der Waals surface area contributed by atoms with E-state index in [0.717, 1.165) is 0 Å². The van der Waals surface area contributed by atoms with Gasteiger partial charge in [0.25, 0.3) is 0 Å². The molecule has 0 aromatic rings. The third-order valence-corrected chi connectivity index (χ3v) is 1.84. The average molecular weight is 131 g/mol. The molecule has 0 spiro atoms. The Hall–Kier alpha value is -0.490. The van der Waals surface area contributed by atoms with Gasteiger partial charge in [-0.15, -0.1) is 6.42 Å². The Bertz CT molecular complexity index is 183. The Labute approximate surface area is 49.8 Å². The molecule has 45 valence electrons. The standard InChI is InChI=1S/C5H7O2S/c1-3-5-8(6,7)4-2/h1H,2,4-5H2. The second-order valence-electron chi connectivity index (χ2n) is 1.30. The fraction of sp³-hybridized carbons (Fsp3) is 0.400. The van der Waals surface area contributed by atoms with Crippen molar-refractivity contribution < 1.29 is 8.42 Å². The number of hydrogen-bond acceptors (Lipinski definition) is 2. The quantitative estimate of drug-likeness (QED) is 0.489. The molecular formula is C5H7O2S. The molecule has 0 aliphatic heterocycles. The van der Waals surface area contributed by atoms with Crippen molar-refractivity contribution in [2.24, 2.45) is 0 Å². The van der Waals surface area contributed by atoms with Gasteiger partial charge in [-0.2, -0.15) is 0 Å². The van der Waals surface area contributed by atoms with Crippen molar-refractivity contribution in [2.75, 3.05) is 11.5 Å². The second-order valence-corrected chi connectivity index (χ2v) is 3.48. The molecule has 0 fully saturated rings. The van der Waals surface area contributed by atoms with Crippen molar-refractivity contribution in [3.63, 3.8) is 0 Å². The van der Waals surface area contributed by atoms with Gasteiger partial charge in [0.1, 0.15) is 5.75 Å². The van der Waals surface area contributed by atoms with Crippen LogP contribution in [0.1, 0.15) is 0 Å². The highest BCUT2D eigenvalue weighted by atomic mass is 32.2. The zero-order valence-electron chi connectivity index (χ0n) is 4.42. The second kappa shape index (κ2) is 2.73. The molecule has 0 aliphatic carbocycles. The van der Waals surface area contributed by atoms with Crippen molar-refractivity contribution in [3.8, 4) is 12.3 Å². The van der Waals surface area contributed by atoms with Crippen LogP contribution < -0.4 is 0 Å². The zero-order valence-corrected chi connectivity index (χ0v) is 5.24. The highest BCUT2D eigenvalue weighted by Gasteiger charge is 2.01. The Balaban J connectivity index is 4.01. The fourth-order valence-corrected chi connectivity index (χ4v) is 0.597. The number of sulfone groups is 1. The van der Waals surface area contributed by atoms with E-state index >= 15 is 0 Å². The van der Waals surface area contributed by atoms with Gasteiger partial charge in [0, 0.05) is 0 Å². The molecule has 0 saturated heterocycles. The van der Waals surface area contributed by atoms with Gasteiger partial charge in [0.05, 0.1) is 5.75 Å². The highest BCUT2D eigenvalue weighted by Crippen LogP contribution is 1.84. The SMILES string of the molecule is C#CCS(=O)(=O)C[CH2]. The Morgan fingerprint density at radius 3 is 2.25 bits per heavy atom. The third kappa shape index (κ3) is 2.64. The molecule has 2 nitrogen and oxygen atoms in total. The summed E-state index contributed by atoms with van der Waals surface area (Å²) in [5.74, 6) is 1.72. The van der Waals surface area contributed by atoms with Crippen LogP contribution in [0.15, 0.2) is 0 Å². The summed E-state index contributed by atoms with van der Waals surface area (Å²) in [6.45, 7) is 3.19. The minimum atomic E-state index is -3.02. The van der Waals surface area contributed by atoms with Crippen molar-refractivity contribution >= 4 is 9.84 Å². The summed E-state index contributed by atoms with van der Waals surface area (Å²) in [4.78, 5) is 0. The summed E-state index contributed by atoms with van der Waals surface area (Å²) < 4.78 is 20.8. The molecular weight excluding hydrogens is 124 g/mol. The molecule has 0 amide bonds. The highest BCUT2D eigenvalue weighted by molar-refractivity contribution is 7.91. The zero-order chi connectivity index (χ0) is 6.62. The van der Waals surface area contributed by atoms with E-state index in [1.54, 1.807) is 0 Å². The van der Waals surface area contributed by atoms with Gasteiger partial charge in [-0.1, -0.05) is 5.92 Å². The van der Waals surface area contributed by atoms with E-state index in [2.05, 4.69) is 6.92 Å². The third-order valence-electron chi connectivity index (χ3n) is 0.614. The molecule has 0 saturated carbocycles. The fourth-order valence-electron chi connectivity index (χ4n) is 0.199. The number of hydrogen-bond donors (Lipinski definition) is 0. The lowest BCUT2D eigenvalue weighted by atomic mass is 10.8. The van der Waals surface area contributed by atoms with E-state index in [1.165, 1.54) is 0 Å². The predicted molar refractivity (Wildman–Crippen MR) is 32.8 cm³/mol. The largest absolute Gasteiger partial charge is 0.228 e. The molecule has 0 bridgehead atoms. The van der Waals surface area contributed by atoms with Gasteiger partial charge in [0.2, 0.25) is 0 Å². The summed E-state index contributed by atoms with van der Waals surface area (Å²) in [6.07, 6.45) is 4.73. The van der Waals surface area contributed by atoms with Gasteiger partial charge < -0.3 is 0 Å².